The number of fused-ring (bicyclic) bond motifs is 1. The van der Waals surface area contributed by atoms with Crippen LogP contribution in [-0.2, 0) is 30.4 Å². The average molecular weight is 600 g/mol. The smallest absolute Gasteiger partial charge is 0.747 e. The van der Waals surface area contributed by atoms with Gasteiger partial charge >= 0.3 is 59.1 Å². The summed E-state index contributed by atoms with van der Waals surface area (Å²) in [5, 5.41) is 36.2. The van der Waals surface area contributed by atoms with E-state index < -0.39 is 45.2 Å². The van der Waals surface area contributed by atoms with Gasteiger partial charge in [-0.1, -0.05) is 47.2 Å². The Morgan fingerprint density at radius 3 is 2.55 bits per heavy atom. The minimum Gasteiger partial charge on any atom is -0.747 e. The van der Waals surface area contributed by atoms with Crippen molar-refractivity contribution in [1.82, 2.24) is 30.4 Å². The molecule has 2 aliphatic rings. The molecule has 0 aliphatic carbocycles. The van der Waals surface area contributed by atoms with Crippen LogP contribution in [0.25, 0.3) is 0 Å². The zero-order valence-corrected chi connectivity index (χ0v) is 26.3. The van der Waals surface area contributed by atoms with Crippen LogP contribution < -0.4 is 69.5 Å². The molecule has 0 bridgehead atoms. The summed E-state index contributed by atoms with van der Waals surface area (Å²) in [6.07, 6.45) is 0. The number of benzene rings is 1. The fourth-order valence-corrected chi connectivity index (χ4v) is 6.42. The minimum atomic E-state index is -4.67. The van der Waals surface area contributed by atoms with Gasteiger partial charge in [0, 0.05) is 17.1 Å². The van der Waals surface area contributed by atoms with Crippen molar-refractivity contribution in [3.8, 4) is 0 Å². The maximum Gasteiger partial charge on any atom is 1.00 e. The molecule has 1 aromatic heterocycles. The molecule has 0 spiro atoms. The standard InChI is InChI=1S/C18H17N7O8S3.2Na/c26-14(11(21-30)9-4-2-1-3-5-9)19-12-15(27)25-13(17(28)29)10(6-34-16(12)25)7-35-18-20-22-23-24(18)8-36(31,32)33;;/h1-5,12,16,30H,6-8H2,(H,19,26)(H,28,29)(H,31,32,33);;/q;2*+1/p-2/b21-11-;;/t12-,16-;;/m1../s1. The van der Waals surface area contributed by atoms with Gasteiger partial charge in [0.25, 0.3) is 11.8 Å². The molecule has 190 valence electrons. The molecule has 0 saturated carbocycles. The molecule has 15 nitrogen and oxygen atoms in total. The third kappa shape index (κ3) is 7.18. The number of hydrogen-bond acceptors (Lipinski definition) is 14. The summed E-state index contributed by atoms with van der Waals surface area (Å²) in [5.74, 6) is -4.04. The maximum atomic E-state index is 12.8. The number of amides is 2. The van der Waals surface area contributed by atoms with Crippen LogP contribution in [0.2, 0.25) is 0 Å². The number of rotatable bonds is 9. The molecule has 2 aromatic rings. The van der Waals surface area contributed by atoms with Gasteiger partial charge in [0.05, 0.1) is 11.7 Å². The second kappa shape index (κ2) is 13.7. The van der Waals surface area contributed by atoms with Crippen molar-refractivity contribution in [2.75, 3.05) is 11.5 Å². The number of hydrogen-bond donors (Lipinski definition) is 2. The molecule has 2 atom stereocenters. The van der Waals surface area contributed by atoms with Crippen molar-refractivity contribution in [2.45, 2.75) is 22.4 Å². The monoisotopic (exact) mass is 599 g/mol. The van der Waals surface area contributed by atoms with E-state index in [2.05, 4.69) is 26.0 Å². The number of carbonyl (C=O) groups is 3. The largest absolute Gasteiger partial charge is 1.00 e. The van der Waals surface area contributed by atoms with E-state index in [0.29, 0.717) is 5.56 Å². The first-order chi connectivity index (χ1) is 17.1. The number of oxime groups is 1. The summed E-state index contributed by atoms with van der Waals surface area (Å²) in [6.45, 7) is 0. The Morgan fingerprint density at radius 2 is 1.95 bits per heavy atom. The predicted octanol–water partition coefficient (Wildman–Crippen LogP) is -8.44. The number of nitrogens with one attached hydrogen (secondary N) is 1. The Kier molecular flexibility index (Phi) is 11.8. The third-order valence-corrected chi connectivity index (χ3v) is 7.99. The van der Waals surface area contributed by atoms with Crippen molar-refractivity contribution in [2.24, 2.45) is 5.16 Å². The Hall–Kier alpha value is -1.48. The molecule has 1 saturated heterocycles. The van der Waals surface area contributed by atoms with E-state index in [4.69, 9.17) is 0 Å². The van der Waals surface area contributed by atoms with Gasteiger partial charge in [-0.2, -0.15) is 0 Å². The molecule has 4 rings (SSSR count). The van der Waals surface area contributed by atoms with Gasteiger partial charge in [0.15, 0.2) is 5.71 Å². The Labute approximate surface area is 268 Å². The molecular weight excluding hydrogens is 584 g/mol. The van der Waals surface area contributed by atoms with Crippen LogP contribution in [0.1, 0.15) is 5.56 Å². The zero-order chi connectivity index (χ0) is 26.0. The van der Waals surface area contributed by atoms with Gasteiger partial charge in [0.2, 0.25) is 5.16 Å². The van der Waals surface area contributed by atoms with E-state index in [1.54, 1.807) is 30.3 Å². The predicted molar refractivity (Wildman–Crippen MR) is 120 cm³/mol. The molecule has 0 unspecified atom stereocenters. The van der Waals surface area contributed by atoms with Crippen molar-refractivity contribution in [1.29, 1.82) is 0 Å². The molecule has 1 aromatic carbocycles. The van der Waals surface area contributed by atoms with E-state index in [-0.39, 0.29) is 92.8 Å². The first-order valence-electron chi connectivity index (χ1n) is 9.89. The second-order valence-electron chi connectivity index (χ2n) is 7.35. The Bertz CT molecular complexity index is 1390. The maximum absolute atomic E-state index is 12.8. The van der Waals surface area contributed by atoms with Crippen molar-refractivity contribution >= 4 is 57.1 Å². The third-order valence-electron chi connectivity index (χ3n) is 5.04. The number of thioether (sulfide) groups is 2. The average Bonchev–Trinajstić information content (AvgIpc) is 3.26. The second-order valence-corrected chi connectivity index (χ2v) is 10.8. The van der Waals surface area contributed by atoms with Crippen LogP contribution in [0.3, 0.4) is 0 Å². The summed E-state index contributed by atoms with van der Waals surface area (Å²) in [4.78, 5) is 38.3. The van der Waals surface area contributed by atoms with Crippen LogP contribution in [0.4, 0.5) is 0 Å². The number of β-lactam (4-membered cyclic amide) rings is 1. The molecule has 38 heavy (non-hydrogen) atoms. The van der Waals surface area contributed by atoms with Gasteiger partial charge < -0.3 is 25.0 Å². The SMILES string of the molecule is O=C([O-])C1=C(CSc2nnnn2CS(=O)(=O)[O-])CS[C@@H]2[C@H](NC(=O)/C(=N\O)c3ccccc3)C(=O)N12.[Na+].[Na+]. The van der Waals surface area contributed by atoms with Crippen molar-refractivity contribution < 1.29 is 96.8 Å². The molecule has 2 aliphatic heterocycles. The number of carbonyl (C=O) groups excluding carboxylic acids is 3. The number of tetrazole rings is 1. The fourth-order valence-electron chi connectivity index (χ4n) is 3.50. The Morgan fingerprint density at radius 1 is 1.26 bits per heavy atom. The van der Waals surface area contributed by atoms with Crippen molar-refractivity contribution in [3.05, 3.63) is 47.2 Å². The Balaban J connectivity index is 0.00000253. The summed E-state index contributed by atoms with van der Waals surface area (Å²) in [5.41, 5.74) is -0.0930. The number of aliphatic carboxylic acids is 1. The van der Waals surface area contributed by atoms with Gasteiger partial charge in [-0.05, 0) is 16.0 Å². The van der Waals surface area contributed by atoms with E-state index >= 15 is 0 Å². The van der Waals surface area contributed by atoms with Gasteiger partial charge in [-0.3, -0.25) is 14.5 Å². The molecule has 2 N–H and O–H groups in total. The minimum absolute atomic E-state index is 0. The molecular formula is C18H15N7Na2O8S3. The molecule has 2 amide bonds. The van der Waals surface area contributed by atoms with Gasteiger partial charge in [-0.25, -0.2) is 13.1 Å². The summed E-state index contributed by atoms with van der Waals surface area (Å²) in [7, 11) is -4.67. The van der Waals surface area contributed by atoms with Gasteiger partial charge in [0.1, 0.15) is 27.4 Å². The molecule has 0 radical (unpaired) electrons. The van der Waals surface area contributed by atoms with Crippen LogP contribution in [0, 0.1) is 0 Å². The molecule has 3 heterocycles. The normalized spacial score (nSPS) is 19.0. The topological polar surface area (TPSA) is 223 Å². The summed E-state index contributed by atoms with van der Waals surface area (Å²) < 4.78 is 33.7. The van der Waals surface area contributed by atoms with E-state index in [9.17, 15) is 37.7 Å². The van der Waals surface area contributed by atoms with Gasteiger partial charge in [-0.15, -0.1) is 16.9 Å². The van der Waals surface area contributed by atoms with E-state index in [1.807, 2.05) is 0 Å². The van der Waals surface area contributed by atoms with Crippen LogP contribution in [0.15, 0.2) is 51.9 Å². The van der Waals surface area contributed by atoms with Crippen LogP contribution >= 0.6 is 23.5 Å². The fraction of sp³-hybridized carbons (Fsp3) is 0.278. The number of carboxylic acids is 1. The molecule has 1 fully saturated rings. The number of carboxylic acid groups (broad SMARTS) is 1. The first-order valence-corrected chi connectivity index (χ1v) is 13.5. The van der Waals surface area contributed by atoms with Crippen molar-refractivity contribution in [3.63, 3.8) is 0 Å². The van der Waals surface area contributed by atoms with Crippen LogP contribution in [0.5, 0.6) is 0 Å². The van der Waals surface area contributed by atoms with E-state index in [1.165, 1.54) is 11.8 Å². The summed E-state index contributed by atoms with van der Waals surface area (Å²) in [6, 6.07) is 7.00. The quantitative estimate of drug-likeness (QED) is 0.0520. The van der Waals surface area contributed by atoms with E-state index in [0.717, 1.165) is 21.3 Å². The number of aromatic nitrogens is 4. The molecule has 20 heteroatoms. The zero-order valence-electron chi connectivity index (χ0n) is 19.9. The summed E-state index contributed by atoms with van der Waals surface area (Å²) >= 11 is 2.06. The number of nitrogens with zero attached hydrogens (tertiary/aromatic N) is 6. The van der Waals surface area contributed by atoms with Crippen LogP contribution in [-0.4, -0.2) is 89.7 Å². The first kappa shape index (κ1) is 32.7.